The zero-order valence-electron chi connectivity index (χ0n) is 13.9. The highest BCUT2D eigenvalue weighted by Gasteiger charge is 2.32. The normalized spacial score (nSPS) is 21.5. The summed E-state index contributed by atoms with van der Waals surface area (Å²) in [5, 5.41) is 0. The maximum atomic E-state index is 12.5. The molecule has 1 amide bonds. The van der Waals surface area contributed by atoms with Gasteiger partial charge in [0.1, 0.15) is 6.61 Å². The number of nitrogens with zero attached hydrogens (tertiary/aromatic N) is 1. The quantitative estimate of drug-likeness (QED) is 0.848. The van der Waals surface area contributed by atoms with Crippen LogP contribution in [-0.4, -0.2) is 37.7 Å². The summed E-state index contributed by atoms with van der Waals surface area (Å²) in [5.41, 5.74) is 2.22. The Labute approximate surface area is 143 Å². The van der Waals surface area contributed by atoms with Crippen LogP contribution in [0.25, 0.3) is 0 Å². The van der Waals surface area contributed by atoms with Crippen molar-refractivity contribution < 1.29 is 14.3 Å². The minimum Gasteiger partial charge on any atom is -0.384 e. The van der Waals surface area contributed by atoms with Crippen LogP contribution in [0.1, 0.15) is 17.2 Å². The highest BCUT2D eigenvalue weighted by Crippen LogP contribution is 2.30. The molecule has 3 rings (SSSR count). The van der Waals surface area contributed by atoms with Crippen LogP contribution in [-0.2, 0) is 20.8 Å². The molecule has 126 valence electrons. The summed E-state index contributed by atoms with van der Waals surface area (Å²) in [4.78, 5) is 14.4. The molecule has 1 saturated heterocycles. The van der Waals surface area contributed by atoms with Gasteiger partial charge in [0.25, 0.3) is 0 Å². The van der Waals surface area contributed by atoms with E-state index in [9.17, 15) is 4.79 Å². The second kappa shape index (κ2) is 8.08. The molecule has 1 aliphatic rings. The van der Waals surface area contributed by atoms with Crippen LogP contribution in [0, 0.1) is 5.92 Å². The van der Waals surface area contributed by atoms with E-state index >= 15 is 0 Å². The predicted molar refractivity (Wildman–Crippen MR) is 92.4 cm³/mol. The van der Waals surface area contributed by atoms with Gasteiger partial charge in [0, 0.05) is 26.1 Å². The second-order valence-electron chi connectivity index (χ2n) is 6.12. The first kappa shape index (κ1) is 16.7. The number of hydrogen-bond donors (Lipinski definition) is 0. The molecule has 0 aliphatic carbocycles. The fraction of sp³-hybridized carbons (Fsp3) is 0.350. The molecule has 1 fully saturated rings. The van der Waals surface area contributed by atoms with E-state index < -0.39 is 0 Å². The summed E-state index contributed by atoms with van der Waals surface area (Å²) in [6.07, 6.45) is -0.129. The van der Waals surface area contributed by atoms with E-state index in [2.05, 4.69) is 0 Å². The van der Waals surface area contributed by atoms with Crippen molar-refractivity contribution >= 4 is 5.91 Å². The first-order valence-electron chi connectivity index (χ1n) is 8.25. The Balaban J connectivity index is 1.80. The monoisotopic (exact) mass is 325 g/mol. The molecular weight excluding hydrogens is 302 g/mol. The predicted octanol–water partition coefficient (Wildman–Crippen LogP) is 3.05. The van der Waals surface area contributed by atoms with Gasteiger partial charge >= 0.3 is 0 Å². The van der Waals surface area contributed by atoms with Gasteiger partial charge < -0.3 is 14.4 Å². The van der Waals surface area contributed by atoms with Crippen LogP contribution in [0.4, 0.5) is 0 Å². The van der Waals surface area contributed by atoms with Gasteiger partial charge in [0.05, 0.1) is 12.7 Å². The number of methoxy groups -OCH3 is 1. The molecule has 0 aromatic heterocycles. The lowest BCUT2D eigenvalue weighted by Crippen LogP contribution is -2.35. The molecular formula is C20H23NO3. The number of rotatable bonds is 5. The highest BCUT2D eigenvalue weighted by atomic mass is 16.5. The van der Waals surface area contributed by atoms with Crippen LogP contribution < -0.4 is 0 Å². The first-order valence-corrected chi connectivity index (χ1v) is 8.25. The van der Waals surface area contributed by atoms with Gasteiger partial charge in [-0.1, -0.05) is 60.7 Å². The van der Waals surface area contributed by atoms with E-state index in [0.717, 1.165) is 11.1 Å². The summed E-state index contributed by atoms with van der Waals surface area (Å²) in [5.74, 6) is 0.131. The van der Waals surface area contributed by atoms with Crippen LogP contribution >= 0.6 is 0 Å². The van der Waals surface area contributed by atoms with Crippen molar-refractivity contribution in [3.8, 4) is 0 Å². The molecule has 0 bridgehead atoms. The number of carbonyl (C=O) groups excluding carboxylic acids is 1. The number of hydrogen-bond acceptors (Lipinski definition) is 3. The second-order valence-corrected chi connectivity index (χ2v) is 6.12. The van der Waals surface area contributed by atoms with E-state index in [-0.39, 0.29) is 24.5 Å². The fourth-order valence-corrected chi connectivity index (χ4v) is 3.19. The molecule has 2 aromatic rings. The Kier molecular flexibility index (Phi) is 5.62. The van der Waals surface area contributed by atoms with Gasteiger partial charge in [0.15, 0.2) is 0 Å². The summed E-state index contributed by atoms with van der Waals surface area (Å²) in [6.45, 7) is 1.89. The van der Waals surface area contributed by atoms with E-state index in [1.54, 1.807) is 7.11 Å². The van der Waals surface area contributed by atoms with E-state index in [1.807, 2.05) is 65.6 Å². The van der Waals surface area contributed by atoms with E-state index in [0.29, 0.717) is 19.7 Å². The first-order chi connectivity index (χ1) is 11.8. The molecule has 4 nitrogen and oxygen atoms in total. The molecule has 2 aromatic carbocycles. The summed E-state index contributed by atoms with van der Waals surface area (Å²) in [6, 6.07) is 20.1. The summed E-state index contributed by atoms with van der Waals surface area (Å²) < 4.78 is 11.4. The van der Waals surface area contributed by atoms with Gasteiger partial charge in [-0.15, -0.1) is 0 Å². The molecule has 2 atom stereocenters. The van der Waals surface area contributed by atoms with Crippen LogP contribution in [0.5, 0.6) is 0 Å². The van der Waals surface area contributed by atoms with Crippen LogP contribution in [0.2, 0.25) is 0 Å². The van der Waals surface area contributed by atoms with Gasteiger partial charge in [0.2, 0.25) is 5.91 Å². The maximum Gasteiger partial charge on any atom is 0.248 e. The molecule has 1 unspecified atom stereocenters. The lowest BCUT2D eigenvalue weighted by Gasteiger charge is -2.27. The van der Waals surface area contributed by atoms with Gasteiger partial charge in [-0.3, -0.25) is 4.79 Å². The number of ether oxygens (including phenoxy) is 2. The molecule has 0 spiro atoms. The third-order valence-electron chi connectivity index (χ3n) is 4.35. The van der Waals surface area contributed by atoms with Gasteiger partial charge in [-0.25, -0.2) is 0 Å². The Morgan fingerprint density at radius 2 is 1.75 bits per heavy atom. The Morgan fingerprint density at radius 1 is 1.08 bits per heavy atom. The third-order valence-corrected chi connectivity index (χ3v) is 4.35. The average Bonchev–Trinajstić information content (AvgIpc) is 2.77. The van der Waals surface area contributed by atoms with Crippen molar-refractivity contribution in [3.63, 3.8) is 0 Å². The van der Waals surface area contributed by atoms with E-state index in [1.165, 1.54) is 0 Å². The smallest absolute Gasteiger partial charge is 0.248 e. The van der Waals surface area contributed by atoms with Crippen LogP contribution in [0.15, 0.2) is 60.7 Å². The minimum absolute atomic E-state index is 0.0263. The topological polar surface area (TPSA) is 38.8 Å². The summed E-state index contributed by atoms with van der Waals surface area (Å²) >= 11 is 0. The SMILES string of the molecule is COC[C@@H]1CN(Cc2ccccc2)C(=O)COC1c1ccccc1. The van der Waals surface area contributed by atoms with Crippen molar-refractivity contribution in [3.05, 3.63) is 71.8 Å². The van der Waals surface area contributed by atoms with Crippen molar-refractivity contribution in [2.45, 2.75) is 12.6 Å². The van der Waals surface area contributed by atoms with E-state index in [4.69, 9.17) is 9.47 Å². The molecule has 1 heterocycles. The molecule has 24 heavy (non-hydrogen) atoms. The third kappa shape index (κ3) is 4.02. The minimum atomic E-state index is -0.129. The van der Waals surface area contributed by atoms with Gasteiger partial charge in [-0.05, 0) is 11.1 Å². The Morgan fingerprint density at radius 3 is 2.42 bits per heavy atom. The molecule has 0 radical (unpaired) electrons. The lowest BCUT2D eigenvalue weighted by molar-refractivity contribution is -0.135. The Hall–Kier alpha value is -2.17. The average molecular weight is 325 g/mol. The zero-order chi connectivity index (χ0) is 16.8. The maximum absolute atomic E-state index is 12.5. The summed E-state index contributed by atoms with van der Waals surface area (Å²) in [7, 11) is 1.69. The van der Waals surface area contributed by atoms with Crippen molar-refractivity contribution in [1.29, 1.82) is 0 Å². The highest BCUT2D eigenvalue weighted by molar-refractivity contribution is 5.77. The van der Waals surface area contributed by atoms with Crippen molar-refractivity contribution in [2.24, 2.45) is 5.92 Å². The van der Waals surface area contributed by atoms with Crippen molar-refractivity contribution in [1.82, 2.24) is 4.90 Å². The number of benzene rings is 2. The van der Waals surface area contributed by atoms with Gasteiger partial charge in [-0.2, -0.15) is 0 Å². The van der Waals surface area contributed by atoms with Crippen molar-refractivity contribution in [2.75, 3.05) is 26.9 Å². The fourth-order valence-electron chi connectivity index (χ4n) is 3.19. The number of amides is 1. The molecule has 1 aliphatic heterocycles. The zero-order valence-corrected chi connectivity index (χ0v) is 13.9. The van der Waals surface area contributed by atoms with Crippen LogP contribution in [0.3, 0.4) is 0 Å². The molecule has 4 heteroatoms. The Bertz CT molecular complexity index is 644. The lowest BCUT2D eigenvalue weighted by atomic mass is 9.95. The molecule has 0 saturated carbocycles. The largest absolute Gasteiger partial charge is 0.384 e. The number of carbonyl (C=O) groups is 1. The molecule has 0 N–H and O–H groups in total. The standard InChI is InChI=1S/C20H23NO3/c1-23-14-18-13-21(12-16-8-4-2-5-9-16)19(22)15-24-20(18)17-10-6-3-7-11-17/h2-11,18,20H,12-15H2,1H3/t18-,20?/m0/s1.